The summed E-state index contributed by atoms with van der Waals surface area (Å²) in [6.07, 6.45) is -2.05. The fraction of sp³-hybridized carbons (Fsp3) is 0.176. The lowest BCUT2D eigenvalue weighted by Crippen LogP contribution is -2.39. The third-order valence-corrected chi connectivity index (χ3v) is 3.63. The van der Waals surface area contributed by atoms with E-state index in [1.165, 1.54) is 30.3 Å². The topological polar surface area (TPSA) is 113 Å². The summed E-state index contributed by atoms with van der Waals surface area (Å²) in [5, 5.41) is 27.8. The maximum absolute atomic E-state index is 12.7. The fourth-order valence-corrected chi connectivity index (χ4v) is 2.53. The molecule has 24 heavy (non-hydrogen) atoms. The molecule has 3 N–H and O–H groups in total. The molecule has 0 aliphatic carbocycles. The summed E-state index contributed by atoms with van der Waals surface area (Å²) in [5.74, 6) is -1.47. The van der Waals surface area contributed by atoms with Crippen LogP contribution in [0.3, 0.4) is 0 Å². The Kier molecular flexibility index (Phi) is 4.09. The number of carbonyl (C=O) groups excluding carboxylic acids is 1. The zero-order valence-corrected chi connectivity index (χ0v) is 12.4. The first-order chi connectivity index (χ1) is 11.5. The van der Waals surface area contributed by atoms with Crippen molar-refractivity contribution in [3.05, 3.63) is 53.6 Å². The largest absolute Gasteiger partial charge is 0.508 e. The highest BCUT2D eigenvalue weighted by atomic mass is 16.6. The van der Waals surface area contributed by atoms with Gasteiger partial charge in [-0.2, -0.15) is 0 Å². The van der Waals surface area contributed by atoms with E-state index in [0.717, 1.165) is 0 Å². The minimum atomic E-state index is -1.20. The van der Waals surface area contributed by atoms with Crippen molar-refractivity contribution in [3.63, 3.8) is 0 Å². The maximum Gasteiger partial charge on any atom is 0.329 e. The van der Waals surface area contributed by atoms with Crippen LogP contribution in [0.2, 0.25) is 0 Å². The first-order valence-corrected chi connectivity index (χ1v) is 7.12. The Bertz CT molecular complexity index is 782. The third kappa shape index (κ3) is 3.02. The molecular formula is C17H14O7. The van der Waals surface area contributed by atoms with E-state index in [0.29, 0.717) is 5.56 Å². The zero-order valence-electron chi connectivity index (χ0n) is 12.4. The number of hydrogen-bond acceptors (Lipinski definition) is 6. The van der Waals surface area contributed by atoms with Gasteiger partial charge in [-0.3, -0.25) is 4.79 Å². The molecule has 2 atom stereocenters. The Hall–Kier alpha value is -3.06. The molecule has 0 spiro atoms. The number of Topliss-reactive ketones (excluding diaryl/α,β-unsaturated/α-hetero) is 1. The number of ketones is 1. The van der Waals surface area contributed by atoms with E-state index in [-0.39, 0.29) is 22.8 Å². The number of rotatable bonds is 4. The molecule has 0 radical (unpaired) electrons. The quantitative estimate of drug-likeness (QED) is 0.784. The van der Waals surface area contributed by atoms with Gasteiger partial charge >= 0.3 is 5.97 Å². The van der Waals surface area contributed by atoms with E-state index in [1.807, 2.05) is 0 Å². The molecule has 1 aliphatic heterocycles. The van der Waals surface area contributed by atoms with Gasteiger partial charge in [0, 0.05) is 6.07 Å². The number of benzene rings is 2. The minimum Gasteiger partial charge on any atom is -0.508 e. The van der Waals surface area contributed by atoms with Gasteiger partial charge in [-0.25, -0.2) is 4.79 Å². The first kappa shape index (κ1) is 15.8. The number of phenols is 2. The van der Waals surface area contributed by atoms with E-state index in [1.54, 1.807) is 12.1 Å². The molecule has 2 aromatic rings. The van der Waals surface area contributed by atoms with Gasteiger partial charge in [0.2, 0.25) is 0 Å². The van der Waals surface area contributed by atoms with E-state index < -0.39 is 30.6 Å². The summed E-state index contributed by atoms with van der Waals surface area (Å²) in [6, 6.07) is 10.0. The van der Waals surface area contributed by atoms with Crippen molar-refractivity contribution in [2.45, 2.75) is 12.2 Å². The number of aromatic hydroxyl groups is 2. The van der Waals surface area contributed by atoms with Crippen LogP contribution in [0.25, 0.3) is 0 Å². The van der Waals surface area contributed by atoms with Gasteiger partial charge < -0.3 is 24.8 Å². The Morgan fingerprint density at radius 2 is 1.75 bits per heavy atom. The Balaban J connectivity index is 2.01. The molecule has 7 nitrogen and oxygen atoms in total. The Morgan fingerprint density at radius 1 is 1.08 bits per heavy atom. The molecule has 0 unspecified atom stereocenters. The summed E-state index contributed by atoms with van der Waals surface area (Å²) < 4.78 is 11.0. The summed E-state index contributed by atoms with van der Waals surface area (Å²) in [7, 11) is 0. The first-order valence-electron chi connectivity index (χ1n) is 7.12. The van der Waals surface area contributed by atoms with E-state index in [9.17, 15) is 19.8 Å². The Morgan fingerprint density at radius 3 is 2.42 bits per heavy atom. The number of carboxylic acids is 1. The van der Waals surface area contributed by atoms with Crippen molar-refractivity contribution in [3.8, 4) is 17.2 Å². The lowest BCUT2D eigenvalue weighted by Gasteiger charge is -2.32. The summed E-state index contributed by atoms with van der Waals surface area (Å²) in [5.41, 5.74) is 0.740. The number of ether oxygens (including phenoxy) is 2. The van der Waals surface area contributed by atoms with Gasteiger partial charge in [-0.1, -0.05) is 12.1 Å². The average Bonchev–Trinajstić information content (AvgIpc) is 2.54. The standard InChI is InChI=1S/C17H14O7/c18-10-3-1-9(2-4-10)16-17(23-8-14(20)21)15(22)12-6-5-11(19)7-13(12)24-16/h1-7,16-19H,8H2,(H,20,21)/t16-,17+/m1/s1. The molecule has 2 aromatic carbocycles. The SMILES string of the molecule is O=C(O)CO[C@H]1C(=O)c2ccc(O)cc2O[C@@H]1c1ccc(O)cc1. The predicted molar refractivity (Wildman–Crippen MR) is 81.3 cm³/mol. The van der Waals surface area contributed by atoms with Crippen LogP contribution < -0.4 is 4.74 Å². The highest BCUT2D eigenvalue weighted by Crippen LogP contribution is 2.38. The van der Waals surface area contributed by atoms with E-state index in [2.05, 4.69) is 0 Å². The van der Waals surface area contributed by atoms with Gasteiger partial charge in [-0.05, 0) is 29.8 Å². The number of fused-ring (bicyclic) bond motifs is 1. The van der Waals surface area contributed by atoms with Gasteiger partial charge in [-0.15, -0.1) is 0 Å². The normalized spacial score (nSPS) is 19.4. The molecule has 0 amide bonds. The molecule has 1 heterocycles. The molecule has 0 fully saturated rings. The van der Waals surface area contributed by atoms with Crippen LogP contribution in [-0.2, 0) is 9.53 Å². The molecule has 1 aliphatic rings. The van der Waals surface area contributed by atoms with Crippen LogP contribution in [0.5, 0.6) is 17.2 Å². The van der Waals surface area contributed by atoms with Crippen LogP contribution in [-0.4, -0.2) is 39.8 Å². The van der Waals surface area contributed by atoms with Crippen LogP contribution in [0.4, 0.5) is 0 Å². The number of aliphatic carboxylic acids is 1. The molecular weight excluding hydrogens is 316 g/mol. The molecule has 124 valence electrons. The number of hydrogen-bond donors (Lipinski definition) is 3. The lowest BCUT2D eigenvalue weighted by molar-refractivity contribution is -0.145. The highest BCUT2D eigenvalue weighted by Gasteiger charge is 2.39. The van der Waals surface area contributed by atoms with Crippen molar-refractivity contribution in [1.82, 2.24) is 0 Å². The van der Waals surface area contributed by atoms with E-state index >= 15 is 0 Å². The zero-order chi connectivity index (χ0) is 17.3. The van der Waals surface area contributed by atoms with Crippen LogP contribution in [0.15, 0.2) is 42.5 Å². The molecule has 0 aromatic heterocycles. The second kappa shape index (κ2) is 6.21. The van der Waals surface area contributed by atoms with Gasteiger partial charge in [0.1, 0.15) is 23.9 Å². The van der Waals surface area contributed by atoms with Crippen molar-refractivity contribution < 1.29 is 34.4 Å². The fourth-order valence-electron chi connectivity index (χ4n) is 2.53. The number of carbonyl (C=O) groups is 2. The van der Waals surface area contributed by atoms with Crippen molar-refractivity contribution in [2.24, 2.45) is 0 Å². The second-order valence-corrected chi connectivity index (χ2v) is 5.30. The number of carboxylic acid groups (broad SMARTS) is 1. The second-order valence-electron chi connectivity index (χ2n) is 5.30. The van der Waals surface area contributed by atoms with Crippen molar-refractivity contribution in [2.75, 3.05) is 6.61 Å². The molecule has 0 saturated heterocycles. The number of phenolic OH excluding ortho intramolecular Hbond substituents is 2. The smallest absolute Gasteiger partial charge is 0.329 e. The minimum absolute atomic E-state index is 0.0435. The predicted octanol–water partition coefficient (Wildman–Crippen LogP) is 1.88. The summed E-state index contributed by atoms with van der Waals surface area (Å²) in [4.78, 5) is 23.4. The van der Waals surface area contributed by atoms with Gasteiger partial charge in [0.15, 0.2) is 18.0 Å². The molecule has 0 saturated carbocycles. The monoisotopic (exact) mass is 330 g/mol. The molecule has 3 rings (SSSR count). The highest BCUT2D eigenvalue weighted by molar-refractivity contribution is 6.03. The third-order valence-electron chi connectivity index (χ3n) is 3.63. The van der Waals surface area contributed by atoms with Crippen molar-refractivity contribution >= 4 is 11.8 Å². The van der Waals surface area contributed by atoms with Crippen LogP contribution >= 0.6 is 0 Å². The summed E-state index contributed by atoms with van der Waals surface area (Å²) in [6.45, 7) is -0.651. The van der Waals surface area contributed by atoms with Gasteiger partial charge in [0.25, 0.3) is 0 Å². The summed E-state index contributed by atoms with van der Waals surface area (Å²) >= 11 is 0. The average molecular weight is 330 g/mol. The Labute approximate surface area is 136 Å². The molecule has 7 heteroatoms. The van der Waals surface area contributed by atoms with Crippen LogP contribution in [0, 0.1) is 0 Å². The molecule has 0 bridgehead atoms. The van der Waals surface area contributed by atoms with Gasteiger partial charge in [0.05, 0.1) is 5.56 Å². The van der Waals surface area contributed by atoms with E-state index in [4.69, 9.17) is 14.6 Å². The van der Waals surface area contributed by atoms with Crippen LogP contribution in [0.1, 0.15) is 22.0 Å². The maximum atomic E-state index is 12.7. The lowest BCUT2D eigenvalue weighted by atomic mass is 9.93. The van der Waals surface area contributed by atoms with Crippen molar-refractivity contribution in [1.29, 1.82) is 0 Å².